The average molecular weight is 295 g/mol. The van der Waals surface area contributed by atoms with E-state index in [-0.39, 0.29) is 11.0 Å². The van der Waals surface area contributed by atoms with Crippen LogP contribution in [-0.2, 0) is 6.54 Å². The van der Waals surface area contributed by atoms with Crippen LogP contribution in [0.25, 0.3) is 0 Å². The summed E-state index contributed by atoms with van der Waals surface area (Å²) < 4.78 is 14.1. The highest BCUT2D eigenvalue weighted by molar-refractivity contribution is 5.92. The van der Waals surface area contributed by atoms with Crippen LogP contribution in [0.3, 0.4) is 0 Å². The molecule has 4 nitrogen and oxygen atoms in total. The Labute approximate surface area is 126 Å². The maximum atomic E-state index is 14.1. The lowest BCUT2D eigenvalue weighted by molar-refractivity contribution is 0.1000. The highest BCUT2D eigenvalue weighted by Gasteiger charge is 2.21. The van der Waals surface area contributed by atoms with Crippen molar-refractivity contribution in [3.05, 3.63) is 35.1 Å². The van der Waals surface area contributed by atoms with Crippen LogP contribution < -0.4 is 11.5 Å². The van der Waals surface area contributed by atoms with Gasteiger partial charge in [-0.25, -0.2) is 4.39 Å². The number of rotatable bonds is 8. The highest BCUT2D eigenvalue weighted by Crippen LogP contribution is 2.19. The first-order valence-corrected chi connectivity index (χ1v) is 7.29. The van der Waals surface area contributed by atoms with E-state index in [1.165, 1.54) is 6.07 Å². The molecule has 0 aromatic heterocycles. The van der Waals surface area contributed by atoms with E-state index in [2.05, 4.69) is 25.7 Å². The van der Waals surface area contributed by atoms with Crippen LogP contribution >= 0.6 is 0 Å². The molecular weight excluding hydrogens is 269 g/mol. The Bertz CT molecular complexity index is 488. The van der Waals surface area contributed by atoms with Crippen molar-refractivity contribution in [2.45, 2.75) is 33.7 Å². The molecule has 0 aliphatic heterocycles. The van der Waals surface area contributed by atoms with Crippen molar-refractivity contribution in [3.8, 4) is 0 Å². The van der Waals surface area contributed by atoms with E-state index in [1.807, 2.05) is 0 Å². The molecule has 118 valence electrons. The van der Waals surface area contributed by atoms with E-state index in [0.717, 1.165) is 19.5 Å². The molecule has 0 aliphatic rings. The van der Waals surface area contributed by atoms with Crippen LogP contribution in [0, 0.1) is 11.2 Å². The van der Waals surface area contributed by atoms with Gasteiger partial charge in [-0.3, -0.25) is 9.69 Å². The maximum Gasteiger partial charge on any atom is 0.248 e. The number of nitrogens with zero attached hydrogens (tertiary/aromatic N) is 1. The maximum absolute atomic E-state index is 14.1. The van der Waals surface area contributed by atoms with E-state index < -0.39 is 11.7 Å². The molecule has 0 atom stereocenters. The van der Waals surface area contributed by atoms with Gasteiger partial charge in [-0.05, 0) is 37.1 Å². The van der Waals surface area contributed by atoms with E-state index >= 15 is 0 Å². The first-order chi connectivity index (χ1) is 9.79. The van der Waals surface area contributed by atoms with Crippen molar-refractivity contribution in [2.75, 3.05) is 19.6 Å². The van der Waals surface area contributed by atoms with Gasteiger partial charge >= 0.3 is 0 Å². The Hall–Kier alpha value is -1.46. The third kappa shape index (κ3) is 5.44. The first-order valence-electron chi connectivity index (χ1n) is 7.29. The lowest BCUT2D eigenvalue weighted by Gasteiger charge is -2.31. The Morgan fingerprint density at radius 3 is 2.52 bits per heavy atom. The molecule has 4 N–H and O–H groups in total. The molecule has 0 saturated heterocycles. The van der Waals surface area contributed by atoms with Gasteiger partial charge in [-0.2, -0.15) is 0 Å². The van der Waals surface area contributed by atoms with Gasteiger partial charge in [0.15, 0.2) is 0 Å². The second-order valence-electron chi connectivity index (χ2n) is 6.25. The molecule has 1 amide bonds. The smallest absolute Gasteiger partial charge is 0.248 e. The monoisotopic (exact) mass is 295 g/mol. The topological polar surface area (TPSA) is 72.3 Å². The second-order valence-corrected chi connectivity index (χ2v) is 6.25. The Kier molecular flexibility index (Phi) is 6.30. The quantitative estimate of drug-likeness (QED) is 0.771. The minimum atomic E-state index is -0.616. The third-order valence-electron chi connectivity index (χ3n) is 3.48. The van der Waals surface area contributed by atoms with Crippen LogP contribution in [0.1, 0.15) is 43.1 Å². The van der Waals surface area contributed by atoms with Crippen molar-refractivity contribution < 1.29 is 9.18 Å². The van der Waals surface area contributed by atoms with Crippen molar-refractivity contribution in [1.82, 2.24) is 4.90 Å². The van der Waals surface area contributed by atoms with E-state index in [9.17, 15) is 9.18 Å². The van der Waals surface area contributed by atoms with Gasteiger partial charge in [-0.15, -0.1) is 0 Å². The molecule has 0 saturated carbocycles. The number of carbonyl (C=O) groups is 1. The molecule has 0 aliphatic carbocycles. The second kappa shape index (κ2) is 7.52. The molecular formula is C16H26FN3O. The summed E-state index contributed by atoms with van der Waals surface area (Å²) in [5.41, 5.74) is 11.7. The van der Waals surface area contributed by atoms with Gasteiger partial charge in [0.25, 0.3) is 0 Å². The van der Waals surface area contributed by atoms with Gasteiger partial charge in [0.05, 0.1) is 0 Å². The molecule has 0 radical (unpaired) electrons. The van der Waals surface area contributed by atoms with Crippen LogP contribution in [0.5, 0.6) is 0 Å². The zero-order valence-electron chi connectivity index (χ0n) is 13.2. The zero-order valence-corrected chi connectivity index (χ0v) is 13.2. The molecule has 0 heterocycles. The number of benzene rings is 1. The fourth-order valence-corrected chi connectivity index (χ4v) is 2.27. The standard InChI is InChI=1S/C16H26FN3O/c1-4-7-20(11-16(2,3)10-18)9-13-6-5-12(15(19)21)8-14(13)17/h5-6,8H,4,7,9-11,18H2,1-3H3,(H2,19,21). The van der Waals surface area contributed by atoms with Crippen LogP contribution in [-0.4, -0.2) is 30.4 Å². The molecule has 1 rings (SSSR count). The Morgan fingerprint density at radius 2 is 2.05 bits per heavy atom. The van der Waals surface area contributed by atoms with Gasteiger partial charge < -0.3 is 11.5 Å². The fraction of sp³-hybridized carbons (Fsp3) is 0.562. The summed E-state index contributed by atoms with van der Waals surface area (Å²) in [6, 6.07) is 4.41. The van der Waals surface area contributed by atoms with Crippen molar-refractivity contribution in [2.24, 2.45) is 16.9 Å². The molecule has 0 spiro atoms. The summed E-state index contributed by atoms with van der Waals surface area (Å²) in [5.74, 6) is -1.01. The lowest BCUT2D eigenvalue weighted by Crippen LogP contribution is -2.39. The van der Waals surface area contributed by atoms with Gasteiger partial charge in [-0.1, -0.05) is 26.8 Å². The number of carbonyl (C=O) groups excluding carboxylic acids is 1. The van der Waals surface area contributed by atoms with Gasteiger partial charge in [0.2, 0.25) is 5.91 Å². The molecule has 0 unspecified atom stereocenters. The Morgan fingerprint density at radius 1 is 1.38 bits per heavy atom. The average Bonchev–Trinajstić information content (AvgIpc) is 2.40. The highest BCUT2D eigenvalue weighted by atomic mass is 19.1. The minimum absolute atomic E-state index is 0.0151. The first kappa shape index (κ1) is 17.6. The molecule has 0 fully saturated rings. The number of hydrogen-bond donors (Lipinski definition) is 2. The fourth-order valence-electron chi connectivity index (χ4n) is 2.27. The zero-order chi connectivity index (χ0) is 16.0. The number of primary amides is 1. The summed E-state index contributed by atoms with van der Waals surface area (Å²) >= 11 is 0. The molecule has 1 aromatic rings. The molecule has 21 heavy (non-hydrogen) atoms. The largest absolute Gasteiger partial charge is 0.366 e. The summed E-state index contributed by atoms with van der Waals surface area (Å²) in [6.45, 7) is 9.05. The van der Waals surface area contributed by atoms with Gasteiger partial charge in [0.1, 0.15) is 5.82 Å². The van der Waals surface area contributed by atoms with Crippen molar-refractivity contribution in [1.29, 1.82) is 0 Å². The van der Waals surface area contributed by atoms with Crippen LogP contribution in [0.2, 0.25) is 0 Å². The normalized spacial score (nSPS) is 11.9. The summed E-state index contributed by atoms with van der Waals surface area (Å²) in [7, 11) is 0. The number of halogens is 1. The predicted octanol–water partition coefficient (Wildman–Crippen LogP) is 2.12. The van der Waals surface area contributed by atoms with Crippen molar-refractivity contribution in [3.63, 3.8) is 0 Å². The van der Waals surface area contributed by atoms with Crippen molar-refractivity contribution >= 4 is 5.91 Å². The number of amides is 1. The van der Waals surface area contributed by atoms with E-state index in [1.54, 1.807) is 12.1 Å². The SMILES string of the molecule is CCCN(Cc1ccc(C(N)=O)cc1F)CC(C)(C)CN. The number of nitrogens with two attached hydrogens (primary N) is 2. The molecule has 5 heteroatoms. The summed E-state index contributed by atoms with van der Waals surface area (Å²) in [6.07, 6.45) is 0.988. The van der Waals surface area contributed by atoms with Crippen LogP contribution in [0.15, 0.2) is 18.2 Å². The lowest BCUT2D eigenvalue weighted by atomic mass is 9.92. The van der Waals surface area contributed by atoms with Gasteiger partial charge in [0, 0.05) is 24.2 Å². The summed E-state index contributed by atoms with van der Waals surface area (Å²) in [5, 5.41) is 0. The minimum Gasteiger partial charge on any atom is -0.366 e. The van der Waals surface area contributed by atoms with E-state index in [0.29, 0.717) is 18.7 Å². The predicted molar refractivity (Wildman–Crippen MR) is 83.3 cm³/mol. The third-order valence-corrected chi connectivity index (χ3v) is 3.48. The van der Waals surface area contributed by atoms with E-state index in [4.69, 9.17) is 11.5 Å². The molecule has 0 bridgehead atoms. The number of hydrogen-bond acceptors (Lipinski definition) is 3. The summed E-state index contributed by atoms with van der Waals surface area (Å²) in [4.78, 5) is 13.2. The van der Waals surface area contributed by atoms with Crippen LogP contribution in [0.4, 0.5) is 4.39 Å². The molecule has 1 aromatic carbocycles. The Balaban J connectivity index is 2.86.